The highest BCUT2D eigenvalue weighted by Gasteiger charge is 2.28. The third-order valence-electron chi connectivity index (χ3n) is 3.30. The minimum Gasteiger partial charge on any atom is -0.480 e. The van der Waals surface area contributed by atoms with Crippen LogP contribution in [0.1, 0.15) is 34.1 Å². The van der Waals surface area contributed by atoms with Gasteiger partial charge in [0.2, 0.25) is 17.7 Å². The maximum absolute atomic E-state index is 12.1. The maximum Gasteiger partial charge on any atom is 0.325 e. The lowest BCUT2D eigenvalue weighted by Crippen LogP contribution is -2.57. The van der Waals surface area contributed by atoms with Crippen LogP contribution in [0.5, 0.6) is 0 Å². The zero-order chi connectivity index (χ0) is 19.7. The van der Waals surface area contributed by atoms with Gasteiger partial charge in [-0.05, 0) is 26.2 Å². The van der Waals surface area contributed by atoms with Gasteiger partial charge in [-0.3, -0.25) is 19.2 Å². The highest BCUT2D eigenvalue weighted by molar-refractivity contribution is 5.92. The molecule has 3 amide bonds. The van der Waals surface area contributed by atoms with Gasteiger partial charge in [0.05, 0.1) is 18.7 Å². The van der Waals surface area contributed by atoms with Crippen molar-refractivity contribution < 1.29 is 29.4 Å². The van der Waals surface area contributed by atoms with Crippen LogP contribution >= 0.6 is 0 Å². The molecule has 0 spiro atoms. The van der Waals surface area contributed by atoms with E-state index in [1.165, 1.54) is 13.8 Å². The summed E-state index contributed by atoms with van der Waals surface area (Å²) in [6.07, 6.45) is -0.800. The number of rotatable bonds is 10. The van der Waals surface area contributed by atoms with Crippen LogP contribution in [-0.4, -0.2) is 64.7 Å². The first-order valence-electron chi connectivity index (χ1n) is 7.99. The Hall–Kier alpha value is -2.20. The predicted octanol–water partition coefficient (Wildman–Crippen LogP) is -2.07. The molecule has 0 bridgehead atoms. The molecule has 0 heterocycles. The van der Waals surface area contributed by atoms with Gasteiger partial charge in [-0.25, -0.2) is 0 Å². The lowest BCUT2D eigenvalue weighted by molar-refractivity contribution is -0.141. The van der Waals surface area contributed by atoms with Gasteiger partial charge in [-0.2, -0.15) is 0 Å². The first-order chi connectivity index (χ1) is 11.5. The van der Waals surface area contributed by atoms with Gasteiger partial charge in [0.25, 0.3) is 0 Å². The molecule has 0 aromatic carbocycles. The summed E-state index contributed by atoms with van der Waals surface area (Å²) in [7, 11) is 0. The fraction of sp³-hybridized carbons (Fsp3) is 0.733. The summed E-state index contributed by atoms with van der Waals surface area (Å²) in [4.78, 5) is 46.2. The Morgan fingerprint density at radius 1 is 1.00 bits per heavy atom. The van der Waals surface area contributed by atoms with Crippen molar-refractivity contribution in [2.24, 2.45) is 11.7 Å². The van der Waals surface area contributed by atoms with E-state index >= 15 is 0 Å². The molecule has 25 heavy (non-hydrogen) atoms. The molecular weight excluding hydrogens is 332 g/mol. The van der Waals surface area contributed by atoms with Crippen LogP contribution in [0.4, 0.5) is 0 Å². The average Bonchev–Trinajstić information content (AvgIpc) is 2.48. The number of carboxylic acids is 1. The number of nitrogens with one attached hydrogen (secondary N) is 3. The smallest absolute Gasteiger partial charge is 0.325 e. The zero-order valence-corrected chi connectivity index (χ0v) is 14.9. The van der Waals surface area contributed by atoms with E-state index in [0.29, 0.717) is 6.42 Å². The molecular formula is C15H28N4O6. The summed E-state index contributed by atoms with van der Waals surface area (Å²) < 4.78 is 0. The zero-order valence-electron chi connectivity index (χ0n) is 14.9. The average molecular weight is 360 g/mol. The summed E-state index contributed by atoms with van der Waals surface area (Å²) in [5, 5.41) is 25.1. The van der Waals surface area contributed by atoms with Gasteiger partial charge in [0.15, 0.2) is 0 Å². The lowest BCUT2D eigenvalue weighted by atomic mass is 10.0. The van der Waals surface area contributed by atoms with Crippen LogP contribution in [0.3, 0.4) is 0 Å². The largest absolute Gasteiger partial charge is 0.480 e. The Morgan fingerprint density at radius 3 is 2.00 bits per heavy atom. The van der Waals surface area contributed by atoms with E-state index in [4.69, 9.17) is 10.8 Å². The van der Waals surface area contributed by atoms with Crippen molar-refractivity contribution in [3.8, 4) is 0 Å². The minimum atomic E-state index is -1.28. The first-order valence-corrected chi connectivity index (χ1v) is 7.99. The van der Waals surface area contributed by atoms with E-state index in [1.807, 2.05) is 13.8 Å². The molecule has 4 unspecified atom stereocenters. The molecule has 10 heteroatoms. The predicted molar refractivity (Wildman–Crippen MR) is 89.3 cm³/mol. The number of nitrogens with two attached hydrogens (primary N) is 1. The van der Waals surface area contributed by atoms with Crippen molar-refractivity contribution in [3.05, 3.63) is 0 Å². The molecule has 0 rings (SSSR count). The van der Waals surface area contributed by atoms with E-state index in [9.17, 15) is 24.3 Å². The Morgan fingerprint density at radius 2 is 1.56 bits per heavy atom. The highest BCUT2D eigenvalue weighted by Crippen LogP contribution is 2.03. The number of hydrogen-bond donors (Lipinski definition) is 6. The van der Waals surface area contributed by atoms with Crippen molar-refractivity contribution >= 4 is 23.7 Å². The van der Waals surface area contributed by atoms with E-state index in [1.54, 1.807) is 0 Å². The normalized spacial score (nSPS) is 15.6. The second kappa shape index (κ2) is 10.6. The van der Waals surface area contributed by atoms with Crippen LogP contribution in [0, 0.1) is 5.92 Å². The molecule has 7 N–H and O–H groups in total. The second-order valence-corrected chi connectivity index (χ2v) is 6.31. The fourth-order valence-corrected chi connectivity index (χ4v) is 1.91. The van der Waals surface area contributed by atoms with Crippen molar-refractivity contribution in [2.45, 2.75) is 58.3 Å². The number of aliphatic hydroxyl groups is 1. The monoisotopic (exact) mass is 360 g/mol. The second-order valence-electron chi connectivity index (χ2n) is 6.31. The molecule has 0 aliphatic carbocycles. The van der Waals surface area contributed by atoms with E-state index < -0.39 is 54.5 Å². The molecule has 0 saturated heterocycles. The van der Waals surface area contributed by atoms with Crippen molar-refractivity contribution in [1.82, 2.24) is 16.0 Å². The van der Waals surface area contributed by atoms with E-state index in [2.05, 4.69) is 16.0 Å². The number of aliphatic carboxylic acids is 1. The summed E-state index contributed by atoms with van der Waals surface area (Å²) in [6, 6.07) is -3.21. The first kappa shape index (κ1) is 22.8. The van der Waals surface area contributed by atoms with E-state index in [-0.39, 0.29) is 5.92 Å². The molecule has 0 aromatic heterocycles. The van der Waals surface area contributed by atoms with Crippen LogP contribution in [0.2, 0.25) is 0 Å². The molecule has 0 saturated carbocycles. The van der Waals surface area contributed by atoms with Crippen molar-refractivity contribution in [3.63, 3.8) is 0 Å². The summed E-state index contributed by atoms with van der Waals surface area (Å²) >= 11 is 0. The fourth-order valence-electron chi connectivity index (χ4n) is 1.91. The summed E-state index contributed by atoms with van der Waals surface area (Å²) in [5.41, 5.74) is 5.73. The summed E-state index contributed by atoms with van der Waals surface area (Å²) in [6.45, 7) is 5.88. The SMILES string of the molecule is CC(C)CC(N)C(=O)NC(C(=O)NCC(=O)NC(C)C(=O)O)C(C)O. The third-order valence-corrected chi connectivity index (χ3v) is 3.30. The Bertz CT molecular complexity index is 494. The standard InChI is InChI=1S/C15H28N4O6/c1-7(2)5-10(16)13(22)19-12(9(4)20)14(23)17-6-11(21)18-8(3)15(24)25/h7-10,12,20H,5-6,16H2,1-4H3,(H,17,23)(H,18,21)(H,19,22)(H,24,25). The Balaban J connectivity index is 4.62. The molecule has 0 aromatic rings. The van der Waals surface area contributed by atoms with Crippen LogP contribution < -0.4 is 21.7 Å². The topological polar surface area (TPSA) is 171 Å². The molecule has 4 atom stereocenters. The van der Waals surface area contributed by atoms with Crippen molar-refractivity contribution in [2.75, 3.05) is 6.54 Å². The molecule has 144 valence electrons. The molecule has 0 fully saturated rings. The molecule has 0 aliphatic rings. The van der Waals surface area contributed by atoms with Crippen LogP contribution in [0.15, 0.2) is 0 Å². The van der Waals surface area contributed by atoms with E-state index in [0.717, 1.165) is 0 Å². The number of carbonyl (C=O) groups excluding carboxylic acids is 3. The maximum atomic E-state index is 12.1. The number of carbonyl (C=O) groups is 4. The van der Waals surface area contributed by atoms with Crippen molar-refractivity contribution in [1.29, 1.82) is 0 Å². The summed E-state index contributed by atoms with van der Waals surface area (Å²) in [5.74, 6) is -3.11. The quantitative estimate of drug-likeness (QED) is 0.260. The molecule has 0 aliphatic heterocycles. The highest BCUT2D eigenvalue weighted by atomic mass is 16.4. The van der Waals surface area contributed by atoms with Gasteiger partial charge in [-0.1, -0.05) is 13.8 Å². The van der Waals surface area contributed by atoms with Crippen LogP contribution in [0.25, 0.3) is 0 Å². The number of aliphatic hydroxyl groups excluding tert-OH is 1. The molecule has 10 nitrogen and oxygen atoms in total. The Kier molecular flexibility index (Phi) is 9.69. The van der Waals surface area contributed by atoms with Gasteiger partial charge >= 0.3 is 5.97 Å². The minimum absolute atomic E-state index is 0.180. The number of carboxylic acid groups (broad SMARTS) is 1. The van der Waals surface area contributed by atoms with Crippen LogP contribution in [-0.2, 0) is 19.2 Å². The molecule has 0 radical (unpaired) electrons. The van der Waals surface area contributed by atoms with Gasteiger partial charge in [0, 0.05) is 0 Å². The Labute approximate surface area is 146 Å². The van der Waals surface area contributed by atoms with Gasteiger partial charge < -0.3 is 31.9 Å². The number of amides is 3. The van der Waals surface area contributed by atoms with Gasteiger partial charge in [-0.15, -0.1) is 0 Å². The third kappa shape index (κ3) is 9.01. The lowest BCUT2D eigenvalue weighted by Gasteiger charge is -2.23. The van der Waals surface area contributed by atoms with Gasteiger partial charge in [0.1, 0.15) is 12.1 Å². The number of hydrogen-bond acceptors (Lipinski definition) is 6.